The first-order valence-electron chi connectivity index (χ1n) is 16.1. The summed E-state index contributed by atoms with van der Waals surface area (Å²) in [6.07, 6.45) is 13.7. The molecule has 0 aliphatic heterocycles. The average molecular weight is 674 g/mol. The molecule has 2 aromatic carbocycles. The molecule has 0 atom stereocenters. The van der Waals surface area contributed by atoms with Crippen molar-refractivity contribution in [2.75, 3.05) is 13.2 Å². The fraction of sp³-hybridized carbons (Fsp3) is 0.444. The Kier molecular flexibility index (Phi) is 15.9. The number of unbranched alkanes of at least 4 members (excludes halogenated alkanes) is 10. The molecular weight excluding hydrogens is 631 g/mol. The lowest BCUT2D eigenvalue weighted by atomic mass is 10.1. The van der Waals surface area contributed by atoms with Crippen molar-refractivity contribution in [2.24, 2.45) is 0 Å². The van der Waals surface area contributed by atoms with E-state index in [9.17, 15) is 19.2 Å². The maximum Gasteiger partial charge on any atom is 0.343 e. The molecule has 0 saturated heterocycles. The highest BCUT2D eigenvalue weighted by Gasteiger charge is 2.38. The molecule has 1 aliphatic rings. The molecule has 0 aromatic heterocycles. The molecule has 0 amide bonds. The van der Waals surface area contributed by atoms with Gasteiger partial charge in [-0.1, -0.05) is 101 Å². The predicted molar refractivity (Wildman–Crippen MR) is 177 cm³/mol. The first-order chi connectivity index (χ1) is 22.3. The smallest absolute Gasteiger partial charge is 0.343 e. The summed E-state index contributed by atoms with van der Waals surface area (Å²) in [7, 11) is 0. The van der Waals surface area contributed by atoms with Gasteiger partial charge in [0.2, 0.25) is 23.1 Å². The van der Waals surface area contributed by atoms with Gasteiger partial charge in [-0.25, -0.2) is 9.59 Å². The number of ketones is 2. The van der Waals surface area contributed by atoms with Crippen LogP contribution in [0.25, 0.3) is 0 Å². The molecule has 0 saturated carbocycles. The SMILES string of the molecule is CCCCCCCCOc1ccc(C(=O)OC2=C(Cl)C(=O)C(OC(=O)c3ccc(OCCCCCCCC)cc3)=C(Cl)C2=O)cc1. The van der Waals surface area contributed by atoms with E-state index in [-0.39, 0.29) is 11.1 Å². The lowest BCUT2D eigenvalue weighted by Gasteiger charge is -2.17. The fourth-order valence-corrected chi connectivity index (χ4v) is 5.03. The minimum Gasteiger partial charge on any atom is -0.494 e. The molecule has 0 unspecified atom stereocenters. The third-order valence-corrected chi connectivity index (χ3v) is 8.00. The number of Topliss-reactive ketones (excluding diaryl/α,β-unsaturated/α-hetero) is 2. The van der Waals surface area contributed by atoms with Crippen molar-refractivity contribution in [3.8, 4) is 11.5 Å². The minimum atomic E-state index is -1.07. The molecular formula is C36H42Cl2O8. The van der Waals surface area contributed by atoms with Gasteiger partial charge < -0.3 is 18.9 Å². The van der Waals surface area contributed by atoms with Crippen LogP contribution in [0.1, 0.15) is 112 Å². The first kappa shape index (κ1) is 36.8. The van der Waals surface area contributed by atoms with E-state index in [2.05, 4.69) is 13.8 Å². The first-order valence-corrected chi connectivity index (χ1v) is 16.8. The Morgan fingerprint density at radius 3 is 1.20 bits per heavy atom. The second-order valence-corrected chi connectivity index (χ2v) is 11.8. The third kappa shape index (κ3) is 11.3. The fourth-order valence-electron chi connectivity index (χ4n) is 4.61. The summed E-state index contributed by atoms with van der Waals surface area (Å²) in [5.74, 6) is -4.34. The zero-order valence-electron chi connectivity index (χ0n) is 26.5. The summed E-state index contributed by atoms with van der Waals surface area (Å²) in [4.78, 5) is 51.3. The number of halogens is 2. The molecule has 0 radical (unpaired) electrons. The molecule has 2 aromatic rings. The molecule has 3 rings (SSSR count). The number of rotatable bonds is 20. The van der Waals surface area contributed by atoms with Crippen molar-refractivity contribution in [1.82, 2.24) is 0 Å². The largest absolute Gasteiger partial charge is 0.494 e. The quantitative estimate of drug-likeness (QED) is 0.0778. The van der Waals surface area contributed by atoms with Gasteiger partial charge in [0.05, 0.1) is 24.3 Å². The highest BCUT2D eigenvalue weighted by Crippen LogP contribution is 2.32. The third-order valence-electron chi connectivity index (χ3n) is 7.31. The minimum absolute atomic E-state index is 0.0980. The van der Waals surface area contributed by atoms with Crippen LogP contribution in [-0.4, -0.2) is 36.7 Å². The Labute approximate surface area is 281 Å². The number of carbonyl (C=O) groups excluding carboxylic acids is 4. The summed E-state index contributed by atoms with van der Waals surface area (Å²) >= 11 is 12.2. The number of hydrogen-bond acceptors (Lipinski definition) is 8. The molecule has 0 N–H and O–H groups in total. The standard InChI is InChI=1S/C36H42Cl2O8/c1-3-5-7-9-11-13-23-43-27-19-15-25(16-20-27)35(41)45-33-29(37)32(40)34(30(38)31(33)39)46-36(42)26-17-21-28(22-18-26)44-24-14-12-10-8-6-4-2/h15-22H,3-14,23-24H2,1-2H3. The summed E-state index contributed by atoms with van der Waals surface area (Å²) in [6.45, 7) is 5.48. The van der Waals surface area contributed by atoms with Crippen LogP contribution in [0.15, 0.2) is 70.1 Å². The molecule has 8 nitrogen and oxygen atoms in total. The number of carbonyl (C=O) groups is 4. The topological polar surface area (TPSA) is 105 Å². The number of esters is 2. The maximum atomic E-state index is 12.9. The summed E-state index contributed by atoms with van der Waals surface area (Å²) < 4.78 is 21.8. The van der Waals surface area contributed by atoms with E-state index < -0.39 is 45.1 Å². The highest BCUT2D eigenvalue weighted by atomic mass is 35.5. The normalized spacial score (nSPS) is 13.2. The van der Waals surface area contributed by atoms with Crippen molar-refractivity contribution in [2.45, 2.75) is 90.9 Å². The number of ether oxygens (including phenoxy) is 4. The van der Waals surface area contributed by atoms with Crippen LogP contribution in [0.5, 0.6) is 11.5 Å². The van der Waals surface area contributed by atoms with Crippen LogP contribution < -0.4 is 9.47 Å². The lowest BCUT2D eigenvalue weighted by molar-refractivity contribution is -0.119. The summed E-state index contributed by atoms with van der Waals surface area (Å²) in [5.41, 5.74) is 0.196. The summed E-state index contributed by atoms with van der Waals surface area (Å²) in [6, 6.07) is 12.3. The van der Waals surface area contributed by atoms with Gasteiger partial charge in [0, 0.05) is 0 Å². The predicted octanol–water partition coefficient (Wildman–Crippen LogP) is 9.23. The van der Waals surface area contributed by atoms with Gasteiger partial charge in [-0.05, 0) is 61.4 Å². The van der Waals surface area contributed by atoms with Crippen molar-refractivity contribution in [3.05, 3.63) is 81.2 Å². The lowest BCUT2D eigenvalue weighted by Crippen LogP contribution is -2.26. The Bertz CT molecular complexity index is 1290. The van der Waals surface area contributed by atoms with E-state index in [1.165, 1.54) is 75.6 Å². The number of benzene rings is 2. The van der Waals surface area contributed by atoms with Crippen molar-refractivity contribution < 1.29 is 38.1 Å². The van der Waals surface area contributed by atoms with Gasteiger partial charge in [0.1, 0.15) is 21.6 Å². The van der Waals surface area contributed by atoms with E-state index >= 15 is 0 Å². The molecule has 0 spiro atoms. The van der Waals surface area contributed by atoms with Crippen LogP contribution in [0.4, 0.5) is 0 Å². The zero-order chi connectivity index (χ0) is 33.3. The van der Waals surface area contributed by atoms with Crippen molar-refractivity contribution in [1.29, 1.82) is 0 Å². The second-order valence-electron chi connectivity index (χ2n) is 11.0. The van der Waals surface area contributed by atoms with E-state index in [1.807, 2.05) is 0 Å². The van der Waals surface area contributed by atoms with Crippen LogP contribution in [0.3, 0.4) is 0 Å². The van der Waals surface area contributed by atoms with Gasteiger partial charge in [-0.15, -0.1) is 0 Å². The molecule has 46 heavy (non-hydrogen) atoms. The molecule has 0 heterocycles. The van der Waals surface area contributed by atoms with Crippen molar-refractivity contribution >= 4 is 46.7 Å². The summed E-state index contributed by atoms with van der Waals surface area (Å²) in [5, 5.41) is -1.47. The number of hydrogen-bond donors (Lipinski definition) is 0. The molecule has 248 valence electrons. The van der Waals surface area contributed by atoms with Crippen LogP contribution in [-0.2, 0) is 19.1 Å². The van der Waals surface area contributed by atoms with E-state index in [0.717, 1.165) is 25.7 Å². The molecule has 0 fully saturated rings. The van der Waals surface area contributed by atoms with Gasteiger partial charge in [0.25, 0.3) is 0 Å². The maximum absolute atomic E-state index is 12.9. The highest BCUT2D eigenvalue weighted by molar-refractivity contribution is 6.55. The van der Waals surface area contributed by atoms with Crippen molar-refractivity contribution in [3.63, 3.8) is 0 Å². The Hall–Kier alpha value is -3.62. The van der Waals surface area contributed by atoms with E-state index in [1.54, 1.807) is 24.3 Å². The van der Waals surface area contributed by atoms with Crippen LogP contribution in [0.2, 0.25) is 0 Å². The molecule has 0 bridgehead atoms. The van der Waals surface area contributed by atoms with Gasteiger partial charge in [-0.3, -0.25) is 9.59 Å². The Morgan fingerprint density at radius 1 is 0.522 bits per heavy atom. The van der Waals surface area contributed by atoms with Gasteiger partial charge in [-0.2, -0.15) is 0 Å². The van der Waals surface area contributed by atoms with Gasteiger partial charge >= 0.3 is 11.9 Å². The van der Waals surface area contributed by atoms with E-state index in [4.69, 9.17) is 42.1 Å². The Balaban J connectivity index is 1.51. The second kappa shape index (κ2) is 19.8. The number of allylic oxidation sites excluding steroid dienone is 2. The molecule has 10 heteroatoms. The van der Waals surface area contributed by atoms with E-state index in [0.29, 0.717) is 24.7 Å². The van der Waals surface area contributed by atoms with Crippen LogP contribution >= 0.6 is 23.2 Å². The monoisotopic (exact) mass is 672 g/mol. The average Bonchev–Trinajstić information content (AvgIpc) is 3.07. The van der Waals surface area contributed by atoms with Gasteiger partial charge in [0.15, 0.2) is 0 Å². The Morgan fingerprint density at radius 2 is 0.848 bits per heavy atom. The van der Waals surface area contributed by atoms with Crippen LogP contribution in [0, 0.1) is 0 Å². The molecule has 1 aliphatic carbocycles. The zero-order valence-corrected chi connectivity index (χ0v) is 28.1.